The normalized spacial score (nSPS) is 12.4. The maximum atomic E-state index is 13.7. The number of rotatable bonds is 6. The fraction of sp³-hybridized carbons (Fsp3) is 0.500. The molecule has 0 bridgehead atoms. The molecule has 2 N–H and O–H groups in total. The van der Waals surface area contributed by atoms with Crippen LogP contribution >= 0.6 is 0 Å². The summed E-state index contributed by atoms with van der Waals surface area (Å²) in [6, 6.07) is 4.49. The van der Waals surface area contributed by atoms with Crippen LogP contribution in [0.5, 0.6) is 0 Å². The van der Waals surface area contributed by atoms with Gasteiger partial charge >= 0.3 is 5.97 Å². The Morgan fingerprint density at radius 3 is 2.28 bits per heavy atom. The van der Waals surface area contributed by atoms with Gasteiger partial charge in [0, 0.05) is 5.54 Å². The first-order valence-electron chi connectivity index (χ1n) is 8.04. The van der Waals surface area contributed by atoms with Gasteiger partial charge in [-0.05, 0) is 38.8 Å². The van der Waals surface area contributed by atoms with Crippen LogP contribution in [0.25, 0.3) is 0 Å². The number of benzene rings is 1. The van der Waals surface area contributed by atoms with Gasteiger partial charge in [-0.3, -0.25) is 9.59 Å². The monoisotopic (exact) mass is 352 g/mol. The second-order valence-electron chi connectivity index (χ2n) is 7.08. The number of halogens is 1. The molecule has 0 aliphatic heterocycles. The van der Waals surface area contributed by atoms with Crippen LogP contribution in [0.15, 0.2) is 24.3 Å². The van der Waals surface area contributed by atoms with Crippen LogP contribution in [0.3, 0.4) is 0 Å². The number of nitrogens with one attached hydrogen (secondary N) is 2. The predicted molar refractivity (Wildman–Crippen MR) is 91.3 cm³/mol. The van der Waals surface area contributed by atoms with E-state index in [0.29, 0.717) is 0 Å². The van der Waals surface area contributed by atoms with Gasteiger partial charge < -0.3 is 15.4 Å². The Balaban J connectivity index is 2.70. The van der Waals surface area contributed by atoms with E-state index < -0.39 is 41.8 Å². The largest absolute Gasteiger partial charge is 0.454 e. The lowest BCUT2D eigenvalue weighted by Gasteiger charge is -2.23. The molecular formula is C18H25FN2O4. The maximum absolute atomic E-state index is 13.7. The molecule has 1 aromatic carbocycles. The van der Waals surface area contributed by atoms with Crippen molar-refractivity contribution in [2.75, 3.05) is 6.61 Å². The van der Waals surface area contributed by atoms with Gasteiger partial charge in [0.1, 0.15) is 11.9 Å². The van der Waals surface area contributed by atoms with E-state index in [4.69, 9.17) is 4.74 Å². The van der Waals surface area contributed by atoms with Crippen LogP contribution in [0.1, 0.15) is 45.0 Å². The van der Waals surface area contributed by atoms with E-state index in [1.807, 2.05) is 0 Å². The van der Waals surface area contributed by atoms with Crippen LogP contribution in [0, 0.1) is 11.7 Å². The van der Waals surface area contributed by atoms with E-state index in [0.717, 1.165) is 6.07 Å². The Labute approximate surface area is 147 Å². The summed E-state index contributed by atoms with van der Waals surface area (Å²) >= 11 is 0. The quantitative estimate of drug-likeness (QED) is 0.768. The molecule has 7 heteroatoms. The van der Waals surface area contributed by atoms with Gasteiger partial charge in [-0.1, -0.05) is 26.0 Å². The summed E-state index contributed by atoms with van der Waals surface area (Å²) in [4.78, 5) is 36.1. The van der Waals surface area contributed by atoms with Crippen molar-refractivity contribution >= 4 is 17.8 Å². The number of amides is 2. The number of esters is 1. The third kappa shape index (κ3) is 6.91. The zero-order chi connectivity index (χ0) is 19.2. The van der Waals surface area contributed by atoms with Gasteiger partial charge in [-0.25, -0.2) is 9.18 Å². The molecule has 0 fully saturated rings. The summed E-state index contributed by atoms with van der Waals surface area (Å²) in [5.41, 5.74) is -0.605. The molecule has 2 amide bonds. The fourth-order valence-electron chi connectivity index (χ4n) is 2.04. The summed E-state index contributed by atoms with van der Waals surface area (Å²) in [6.07, 6.45) is 0. The highest BCUT2D eigenvalue weighted by Gasteiger charge is 2.28. The Hall–Kier alpha value is -2.44. The van der Waals surface area contributed by atoms with Crippen LogP contribution in [0.2, 0.25) is 0 Å². The number of carbonyl (C=O) groups excluding carboxylic acids is 3. The average Bonchev–Trinajstić information content (AvgIpc) is 2.48. The molecule has 0 aromatic heterocycles. The Bertz CT molecular complexity index is 638. The molecule has 0 aliphatic rings. The predicted octanol–water partition coefficient (Wildman–Crippen LogP) is 2.04. The van der Waals surface area contributed by atoms with Gasteiger partial charge in [-0.15, -0.1) is 0 Å². The first-order valence-corrected chi connectivity index (χ1v) is 8.04. The molecule has 6 nitrogen and oxygen atoms in total. The van der Waals surface area contributed by atoms with Crippen LogP contribution < -0.4 is 10.6 Å². The lowest BCUT2D eigenvalue weighted by molar-refractivity contribution is -0.151. The summed E-state index contributed by atoms with van der Waals surface area (Å²) < 4.78 is 18.7. The Morgan fingerprint density at radius 2 is 1.76 bits per heavy atom. The lowest BCUT2D eigenvalue weighted by Crippen LogP contribution is -2.47. The zero-order valence-electron chi connectivity index (χ0n) is 15.2. The van der Waals surface area contributed by atoms with E-state index in [-0.39, 0.29) is 11.5 Å². The fourth-order valence-corrected chi connectivity index (χ4v) is 2.04. The molecule has 1 aromatic rings. The topological polar surface area (TPSA) is 84.5 Å². The van der Waals surface area contributed by atoms with Gasteiger partial charge in [0.05, 0.1) is 5.56 Å². The van der Waals surface area contributed by atoms with Crippen molar-refractivity contribution < 1.29 is 23.5 Å². The molecule has 0 radical (unpaired) electrons. The van der Waals surface area contributed by atoms with E-state index in [1.54, 1.807) is 34.6 Å². The van der Waals surface area contributed by atoms with Gasteiger partial charge in [0.25, 0.3) is 11.8 Å². The van der Waals surface area contributed by atoms with Crippen molar-refractivity contribution in [3.63, 3.8) is 0 Å². The molecule has 0 spiro atoms. The van der Waals surface area contributed by atoms with Crippen molar-refractivity contribution in [1.82, 2.24) is 10.6 Å². The summed E-state index contributed by atoms with van der Waals surface area (Å²) in [6.45, 7) is 8.38. The maximum Gasteiger partial charge on any atom is 0.329 e. The first kappa shape index (κ1) is 20.6. The summed E-state index contributed by atoms with van der Waals surface area (Å²) in [7, 11) is 0. The standard InChI is InChI=1S/C18H25FN2O4/c1-11(2)15(17(24)25-10-14(22)21-18(3,4)5)20-16(23)12-8-6-7-9-13(12)19/h6-9,11,15H,10H2,1-5H3,(H,20,23)(H,21,22)/t15-/m0/s1. The summed E-state index contributed by atoms with van der Waals surface area (Å²) in [5, 5.41) is 5.12. The second kappa shape index (κ2) is 8.60. The Kier molecular flexibility index (Phi) is 7.09. The Morgan fingerprint density at radius 1 is 1.16 bits per heavy atom. The number of hydrogen-bond donors (Lipinski definition) is 2. The van der Waals surface area contributed by atoms with E-state index in [1.165, 1.54) is 18.2 Å². The van der Waals surface area contributed by atoms with E-state index in [2.05, 4.69) is 10.6 Å². The number of ether oxygens (including phenoxy) is 1. The van der Waals surface area contributed by atoms with Crippen molar-refractivity contribution in [3.8, 4) is 0 Å². The lowest BCUT2D eigenvalue weighted by atomic mass is 10.0. The molecule has 1 atom stereocenters. The van der Waals surface area contributed by atoms with Crippen LogP contribution in [-0.4, -0.2) is 36.0 Å². The van der Waals surface area contributed by atoms with Crippen molar-refractivity contribution in [3.05, 3.63) is 35.6 Å². The molecule has 138 valence electrons. The van der Waals surface area contributed by atoms with E-state index >= 15 is 0 Å². The molecule has 0 heterocycles. The smallest absolute Gasteiger partial charge is 0.329 e. The molecular weight excluding hydrogens is 327 g/mol. The second-order valence-corrected chi connectivity index (χ2v) is 7.08. The van der Waals surface area contributed by atoms with Crippen LogP contribution in [0.4, 0.5) is 4.39 Å². The number of hydrogen-bond acceptors (Lipinski definition) is 4. The van der Waals surface area contributed by atoms with Crippen molar-refractivity contribution in [2.24, 2.45) is 5.92 Å². The summed E-state index contributed by atoms with van der Waals surface area (Å²) in [5.74, 6) is -2.88. The highest BCUT2D eigenvalue weighted by molar-refractivity contribution is 5.97. The molecule has 0 unspecified atom stereocenters. The minimum atomic E-state index is -0.991. The van der Waals surface area contributed by atoms with Gasteiger partial charge in [0.2, 0.25) is 0 Å². The molecule has 0 saturated heterocycles. The number of carbonyl (C=O) groups is 3. The first-order chi connectivity index (χ1) is 11.5. The highest BCUT2D eigenvalue weighted by atomic mass is 19.1. The SMILES string of the molecule is CC(C)[C@H](NC(=O)c1ccccc1F)C(=O)OCC(=O)NC(C)(C)C. The molecule has 25 heavy (non-hydrogen) atoms. The van der Waals surface area contributed by atoms with Crippen molar-refractivity contribution in [2.45, 2.75) is 46.2 Å². The molecule has 0 aliphatic carbocycles. The van der Waals surface area contributed by atoms with Gasteiger partial charge in [0.15, 0.2) is 6.61 Å². The van der Waals surface area contributed by atoms with Crippen molar-refractivity contribution in [1.29, 1.82) is 0 Å². The van der Waals surface area contributed by atoms with E-state index in [9.17, 15) is 18.8 Å². The van der Waals surface area contributed by atoms with Gasteiger partial charge in [-0.2, -0.15) is 0 Å². The third-order valence-electron chi connectivity index (χ3n) is 3.19. The third-order valence-corrected chi connectivity index (χ3v) is 3.19. The minimum Gasteiger partial charge on any atom is -0.454 e. The highest BCUT2D eigenvalue weighted by Crippen LogP contribution is 2.10. The minimum absolute atomic E-state index is 0.161. The zero-order valence-corrected chi connectivity index (χ0v) is 15.2. The molecule has 0 saturated carbocycles. The van der Waals surface area contributed by atoms with Crippen LogP contribution in [-0.2, 0) is 14.3 Å². The molecule has 1 rings (SSSR count). The average molecular weight is 352 g/mol.